The molecule has 0 aromatic heterocycles. The van der Waals surface area contributed by atoms with Gasteiger partial charge in [-0.25, -0.2) is 4.79 Å². The third kappa shape index (κ3) is 3.60. The highest BCUT2D eigenvalue weighted by atomic mass is 35.5. The van der Waals surface area contributed by atoms with Crippen molar-refractivity contribution in [3.63, 3.8) is 0 Å². The second-order valence-corrected chi connectivity index (χ2v) is 6.37. The minimum Gasteiger partial charge on any atom is -0.307 e. The van der Waals surface area contributed by atoms with E-state index < -0.39 is 0 Å². The van der Waals surface area contributed by atoms with Gasteiger partial charge >= 0.3 is 6.03 Å². The maximum Gasteiger partial charge on any atom is 0.331 e. The van der Waals surface area contributed by atoms with E-state index in [1.165, 1.54) is 0 Å². The lowest BCUT2D eigenvalue weighted by molar-refractivity contribution is 0.259. The maximum atomic E-state index is 12.9. The molecule has 1 heterocycles. The van der Waals surface area contributed by atoms with E-state index in [1.807, 2.05) is 56.3 Å². The molecule has 3 rings (SSSR count). The molecule has 0 saturated heterocycles. The van der Waals surface area contributed by atoms with Crippen LogP contribution in [0.2, 0.25) is 5.02 Å². The van der Waals surface area contributed by atoms with Crippen LogP contribution in [-0.4, -0.2) is 18.4 Å². The number of carbonyl (C=O) groups is 1. The zero-order chi connectivity index (χ0) is 17.1. The number of nitrogens with one attached hydrogen (secondary N) is 1. The van der Waals surface area contributed by atoms with Gasteiger partial charge in [-0.3, -0.25) is 9.89 Å². The van der Waals surface area contributed by atoms with Gasteiger partial charge in [0.15, 0.2) is 0 Å². The first-order valence-electron chi connectivity index (χ1n) is 8.02. The summed E-state index contributed by atoms with van der Waals surface area (Å²) in [6.45, 7) is 4.71. The number of aliphatic imine (C=N–C) groups is 1. The summed E-state index contributed by atoms with van der Waals surface area (Å²) in [6.07, 6.45) is 1.75. The van der Waals surface area contributed by atoms with E-state index in [1.54, 1.807) is 4.90 Å². The topological polar surface area (TPSA) is 44.7 Å². The number of urea groups is 1. The Kier molecular flexibility index (Phi) is 4.86. The van der Waals surface area contributed by atoms with E-state index in [4.69, 9.17) is 11.6 Å². The molecule has 2 amide bonds. The molecule has 0 radical (unpaired) electrons. The molecule has 0 bridgehead atoms. The Hall–Kier alpha value is -2.33. The highest BCUT2D eigenvalue weighted by molar-refractivity contribution is 6.32. The highest BCUT2D eigenvalue weighted by Crippen LogP contribution is 2.26. The normalized spacial score (nSPS) is 13.5. The molecular weight excluding hydrogens is 322 g/mol. The molecule has 0 saturated carbocycles. The van der Waals surface area contributed by atoms with Crippen molar-refractivity contribution >= 4 is 34.8 Å². The minimum atomic E-state index is -0.223. The molecule has 0 fully saturated rings. The molecule has 2 aromatic carbocycles. The molecule has 24 heavy (non-hydrogen) atoms. The van der Waals surface area contributed by atoms with Crippen LogP contribution in [0.25, 0.3) is 0 Å². The Labute approximate surface area is 147 Å². The van der Waals surface area contributed by atoms with Gasteiger partial charge in [-0.15, -0.1) is 0 Å². The fraction of sp³-hybridized carbons (Fsp3) is 0.263. The van der Waals surface area contributed by atoms with Crippen molar-refractivity contribution in [3.05, 3.63) is 58.6 Å². The average molecular weight is 342 g/mol. The predicted octanol–water partition coefficient (Wildman–Crippen LogP) is 5.19. The van der Waals surface area contributed by atoms with Crippen molar-refractivity contribution in [3.8, 4) is 0 Å². The molecule has 1 aliphatic heterocycles. The predicted molar refractivity (Wildman–Crippen MR) is 100 cm³/mol. The third-order valence-electron chi connectivity index (χ3n) is 4.03. The summed E-state index contributed by atoms with van der Waals surface area (Å²) in [5, 5.41) is 3.58. The molecule has 0 unspecified atom stereocenters. The summed E-state index contributed by atoms with van der Waals surface area (Å²) in [5.74, 6) is 0.777. The number of hydrogen-bond acceptors (Lipinski definition) is 2. The lowest BCUT2D eigenvalue weighted by Gasteiger charge is -2.23. The van der Waals surface area contributed by atoms with Crippen molar-refractivity contribution in [2.75, 3.05) is 16.8 Å². The SMILES string of the molecule is Cc1ccc(NC(=O)N(C2=NCCC2)c2ccc(C)c(Cl)c2)cc1. The number of hydrogen-bond donors (Lipinski definition) is 1. The van der Waals surface area contributed by atoms with Gasteiger partial charge in [-0.2, -0.15) is 0 Å². The summed E-state index contributed by atoms with van der Waals surface area (Å²) in [4.78, 5) is 19.0. The van der Waals surface area contributed by atoms with E-state index >= 15 is 0 Å². The van der Waals surface area contributed by atoms with Crippen molar-refractivity contribution in [1.82, 2.24) is 0 Å². The zero-order valence-corrected chi connectivity index (χ0v) is 14.6. The van der Waals surface area contributed by atoms with Crippen LogP contribution in [-0.2, 0) is 0 Å². The number of amides is 2. The monoisotopic (exact) mass is 341 g/mol. The lowest BCUT2D eigenvalue weighted by atomic mass is 10.2. The molecule has 1 aliphatic rings. The van der Waals surface area contributed by atoms with Gasteiger partial charge in [0.25, 0.3) is 0 Å². The Bertz CT molecular complexity index is 784. The molecule has 4 nitrogen and oxygen atoms in total. The average Bonchev–Trinajstić information content (AvgIpc) is 3.07. The Morgan fingerprint density at radius 1 is 1.17 bits per heavy atom. The number of carbonyl (C=O) groups excluding carboxylic acids is 1. The zero-order valence-electron chi connectivity index (χ0n) is 13.8. The van der Waals surface area contributed by atoms with Gasteiger partial charge < -0.3 is 5.32 Å². The van der Waals surface area contributed by atoms with Gasteiger partial charge in [0, 0.05) is 23.7 Å². The summed E-state index contributed by atoms with van der Waals surface area (Å²) < 4.78 is 0. The van der Waals surface area contributed by atoms with E-state index in [0.29, 0.717) is 5.02 Å². The van der Waals surface area contributed by atoms with Crippen molar-refractivity contribution in [2.45, 2.75) is 26.7 Å². The van der Waals surface area contributed by atoms with Gasteiger partial charge in [-0.05, 0) is 50.1 Å². The largest absolute Gasteiger partial charge is 0.331 e. The second kappa shape index (κ2) is 7.05. The number of benzene rings is 2. The fourth-order valence-corrected chi connectivity index (χ4v) is 2.80. The Morgan fingerprint density at radius 3 is 2.54 bits per heavy atom. The quantitative estimate of drug-likeness (QED) is 0.802. The Morgan fingerprint density at radius 2 is 1.92 bits per heavy atom. The first kappa shape index (κ1) is 16.5. The van der Waals surface area contributed by atoms with Crippen LogP contribution < -0.4 is 10.2 Å². The Balaban J connectivity index is 1.90. The first-order chi connectivity index (χ1) is 11.5. The number of aryl methyl sites for hydroxylation is 2. The van der Waals surface area contributed by atoms with Gasteiger partial charge in [0.2, 0.25) is 0 Å². The van der Waals surface area contributed by atoms with Crippen LogP contribution in [0, 0.1) is 13.8 Å². The highest BCUT2D eigenvalue weighted by Gasteiger charge is 2.24. The van der Waals surface area contributed by atoms with Gasteiger partial charge in [-0.1, -0.05) is 35.4 Å². The number of nitrogens with zero attached hydrogens (tertiary/aromatic N) is 2. The van der Waals surface area contributed by atoms with Crippen LogP contribution >= 0.6 is 11.6 Å². The summed E-state index contributed by atoms with van der Waals surface area (Å²) >= 11 is 6.25. The fourth-order valence-electron chi connectivity index (χ4n) is 2.63. The van der Waals surface area contributed by atoms with E-state index in [0.717, 1.165) is 47.7 Å². The molecular formula is C19H20ClN3O. The molecule has 5 heteroatoms. The van der Waals surface area contributed by atoms with Crippen LogP contribution in [0.1, 0.15) is 24.0 Å². The molecule has 124 valence electrons. The molecule has 2 aromatic rings. The van der Waals surface area contributed by atoms with E-state index in [2.05, 4.69) is 10.3 Å². The third-order valence-corrected chi connectivity index (χ3v) is 4.44. The summed E-state index contributed by atoms with van der Waals surface area (Å²) in [7, 11) is 0. The lowest BCUT2D eigenvalue weighted by Crippen LogP contribution is -2.39. The second-order valence-electron chi connectivity index (χ2n) is 5.97. The van der Waals surface area contributed by atoms with Gasteiger partial charge in [0.05, 0.1) is 5.69 Å². The standard InChI is InChI=1S/C19H20ClN3O/c1-13-5-8-15(9-6-13)22-19(24)23(18-4-3-11-21-18)16-10-7-14(2)17(20)12-16/h5-10,12H,3-4,11H2,1-2H3,(H,22,24). The molecule has 1 N–H and O–H groups in total. The van der Waals surface area contributed by atoms with Crippen molar-refractivity contribution in [2.24, 2.45) is 4.99 Å². The van der Waals surface area contributed by atoms with Crippen molar-refractivity contribution < 1.29 is 4.79 Å². The molecule has 0 atom stereocenters. The smallest absolute Gasteiger partial charge is 0.307 e. The first-order valence-corrected chi connectivity index (χ1v) is 8.39. The van der Waals surface area contributed by atoms with E-state index in [-0.39, 0.29) is 6.03 Å². The summed E-state index contributed by atoms with van der Waals surface area (Å²) in [5.41, 5.74) is 3.62. The van der Waals surface area contributed by atoms with Gasteiger partial charge in [0.1, 0.15) is 5.84 Å². The van der Waals surface area contributed by atoms with Crippen LogP contribution in [0.4, 0.5) is 16.2 Å². The van der Waals surface area contributed by atoms with Crippen molar-refractivity contribution in [1.29, 1.82) is 0 Å². The summed E-state index contributed by atoms with van der Waals surface area (Å²) in [6, 6.07) is 13.1. The van der Waals surface area contributed by atoms with Crippen LogP contribution in [0.15, 0.2) is 47.5 Å². The van der Waals surface area contributed by atoms with E-state index in [9.17, 15) is 4.79 Å². The molecule has 0 spiro atoms. The number of amidine groups is 1. The number of rotatable bonds is 2. The number of anilines is 2. The number of halogens is 1. The minimum absolute atomic E-state index is 0.223. The molecule has 0 aliphatic carbocycles. The maximum absolute atomic E-state index is 12.9. The van der Waals surface area contributed by atoms with Crippen LogP contribution in [0.5, 0.6) is 0 Å². The van der Waals surface area contributed by atoms with Crippen LogP contribution in [0.3, 0.4) is 0 Å².